The van der Waals surface area contributed by atoms with Gasteiger partial charge in [0.2, 0.25) is 5.91 Å². The van der Waals surface area contributed by atoms with Crippen LogP contribution in [0.25, 0.3) is 0 Å². The van der Waals surface area contributed by atoms with Crippen LogP contribution in [-0.4, -0.2) is 56.1 Å². The molecule has 2 fully saturated rings. The van der Waals surface area contributed by atoms with E-state index in [1.165, 1.54) is 12.1 Å². The summed E-state index contributed by atoms with van der Waals surface area (Å²) in [5.41, 5.74) is 2.23. The molecule has 0 aliphatic carbocycles. The third kappa shape index (κ3) is 4.68. The first kappa shape index (κ1) is 20.5. The molecule has 0 aromatic heterocycles. The van der Waals surface area contributed by atoms with E-state index in [0.29, 0.717) is 38.3 Å². The third-order valence-electron chi connectivity index (χ3n) is 5.69. The number of morpholine rings is 1. The van der Waals surface area contributed by atoms with Crippen LogP contribution in [-0.2, 0) is 9.53 Å². The van der Waals surface area contributed by atoms with Crippen molar-refractivity contribution in [3.05, 3.63) is 65.5 Å². The summed E-state index contributed by atoms with van der Waals surface area (Å²) in [7, 11) is 0. The van der Waals surface area contributed by atoms with Crippen molar-refractivity contribution in [3.63, 3.8) is 0 Å². The molecule has 0 spiro atoms. The quantitative estimate of drug-likeness (QED) is 0.794. The molecule has 2 aromatic carbocycles. The van der Waals surface area contributed by atoms with Crippen LogP contribution in [0.1, 0.15) is 34.8 Å². The lowest BCUT2D eigenvalue weighted by atomic mass is 10.0. The molecule has 2 aliphatic heterocycles. The number of nitrogens with one attached hydrogen (secondary N) is 1. The molecule has 158 valence electrons. The molecule has 2 aliphatic rings. The van der Waals surface area contributed by atoms with Crippen LogP contribution in [0.15, 0.2) is 48.5 Å². The highest BCUT2D eigenvalue weighted by atomic mass is 19.1. The Morgan fingerprint density at radius 1 is 1.10 bits per heavy atom. The average Bonchev–Trinajstić information content (AvgIpc) is 3.21. The van der Waals surface area contributed by atoms with Crippen molar-refractivity contribution in [2.45, 2.75) is 18.9 Å². The zero-order chi connectivity index (χ0) is 20.9. The molecule has 2 aromatic rings. The van der Waals surface area contributed by atoms with Gasteiger partial charge in [0.05, 0.1) is 19.3 Å². The summed E-state index contributed by atoms with van der Waals surface area (Å²) in [6.45, 7) is 3.87. The Bertz CT molecular complexity index is 897. The summed E-state index contributed by atoms with van der Waals surface area (Å²) in [5.74, 6) is -0.378. The lowest BCUT2D eigenvalue weighted by Gasteiger charge is -2.35. The second-order valence-corrected chi connectivity index (χ2v) is 7.62. The minimum Gasteiger partial charge on any atom is -0.379 e. The van der Waals surface area contributed by atoms with E-state index in [1.54, 1.807) is 35.2 Å². The van der Waals surface area contributed by atoms with Gasteiger partial charge < -0.3 is 15.0 Å². The maximum Gasteiger partial charge on any atom is 0.251 e. The Balaban J connectivity index is 1.47. The average molecular weight is 411 g/mol. The Kier molecular flexibility index (Phi) is 6.40. The predicted octanol–water partition coefficient (Wildman–Crippen LogP) is 2.76. The van der Waals surface area contributed by atoms with Crippen molar-refractivity contribution < 1.29 is 18.7 Å². The molecule has 30 heavy (non-hydrogen) atoms. The first-order chi connectivity index (χ1) is 14.6. The molecule has 4 rings (SSSR count). The largest absolute Gasteiger partial charge is 0.379 e. The Morgan fingerprint density at radius 2 is 1.87 bits per heavy atom. The van der Waals surface area contributed by atoms with Crippen LogP contribution in [0.5, 0.6) is 0 Å². The standard InChI is InChI=1S/C23H26FN3O3/c24-19-8-6-17(7-9-19)21(26-11-13-30-14-12-26)16-25-23(29)18-3-1-4-20(15-18)27-10-2-5-22(27)28/h1,3-4,6-9,15,21H,2,5,10-14,16H2,(H,25,29)/t21-/m1/s1. The number of anilines is 1. The summed E-state index contributed by atoms with van der Waals surface area (Å²) >= 11 is 0. The highest BCUT2D eigenvalue weighted by Crippen LogP contribution is 2.24. The topological polar surface area (TPSA) is 61.9 Å². The Hall–Kier alpha value is -2.77. The minimum absolute atomic E-state index is 0.0678. The molecule has 1 N–H and O–H groups in total. The van der Waals surface area contributed by atoms with E-state index in [0.717, 1.165) is 30.8 Å². The molecule has 6 nitrogen and oxygen atoms in total. The first-order valence-electron chi connectivity index (χ1n) is 10.4. The molecule has 7 heteroatoms. The van der Waals surface area contributed by atoms with E-state index in [1.807, 2.05) is 6.07 Å². The number of halogens is 1. The molecule has 2 saturated heterocycles. The lowest BCUT2D eigenvalue weighted by molar-refractivity contribution is -0.117. The molecular formula is C23H26FN3O3. The van der Waals surface area contributed by atoms with Gasteiger partial charge in [-0.3, -0.25) is 14.5 Å². The van der Waals surface area contributed by atoms with Gasteiger partial charge in [-0.2, -0.15) is 0 Å². The number of benzene rings is 2. The second kappa shape index (κ2) is 9.36. The molecular weight excluding hydrogens is 385 g/mol. The van der Waals surface area contributed by atoms with Crippen molar-refractivity contribution in [1.29, 1.82) is 0 Å². The van der Waals surface area contributed by atoms with Gasteiger partial charge in [-0.15, -0.1) is 0 Å². The SMILES string of the molecule is O=C(NC[C@H](c1ccc(F)cc1)N1CCOCC1)c1cccc(N2CCCC2=O)c1. The number of nitrogens with zero attached hydrogens (tertiary/aromatic N) is 2. The molecule has 0 bridgehead atoms. The number of ether oxygens (including phenoxy) is 1. The summed E-state index contributed by atoms with van der Waals surface area (Å²) in [6, 6.07) is 13.5. The number of carbonyl (C=O) groups excluding carboxylic acids is 2. The van der Waals surface area contributed by atoms with E-state index >= 15 is 0 Å². The molecule has 0 unspecified atom stereocenters. The van der Waals surface area contributed by atoms with E-state index < -0.39 is 0 Å². The van der Waals surface area contributed by atoms with Gasteiger partial charge in [-0.05, 0) is 42.3 Å². The van der Waals surface area contributed by atoms with Crippen LogP contribution in [0, 0.1) is 5.82 Å². The van der Waals surface area contributed by atoms with E-state index in [-0.39, 0.29) is 23.7 Å². The number of hydrogen-bond donors (Lipinski definition) is 1. The minimum atomic E-state index is -0.281. The van der Waals surface area contributed by atoms with E-state index in [4.69, 9.17) is 4.74 Å². The highest BCUT2D eigenvalue weighted by molar-refractivity contribution is 5.99. The fourth-order valence-corrected chi connectivity index (χ4v) is 4.06. The van der Waals surface area contributed by atoms with Gasteiger partial charge in [-0.25, -0.2) is 4.39 Å². The first-order valence-corrected chi connectivity index (χ1v) is 10.4. The van der Waals surface area contributed by atoms with Crippen molar-refractivity contribution >= 4 is 17.5 Å². The third-order valence-corrected chi connectivity index (χ3v) is 5.69. The predicted molar refractivity (Wildman–Crippen MR) is 112 cm³/mol. The monoisotopic (exact) mass is 411 g/mol. The fourth-order valence-electron chi connectivity index (χ4n) is 4.06. The van der Waals surface area contributed by atoms with Crippen LogP contribution in [0.4, 0.5) is 10.1 Å². The summed E-state index contributed by atoms with van der Waals surface area (Å²) in [6.07, 6.45) is 1.39. The maximum absolute atomic E-state index is 13.4. The zero-order valence-electron chi connectivity index (χ0n) is 16.9. The van der Waals surface area contributed by atoms with Gasteiger partial charge in [0, 0.05) is 43.9 Å². The van der Waals surface area contributed by atoms with Crippen LogP contribution in [0.3, 0.4) is 0 Å². The summed E-state index contributed by atoms with van der Waals surface area (Å²) in [4.78, 5) is 28.8. The lowest BCUT2D eigenvalue weighted by Crippen LogP contribution is -2.43. The van der Waals surface area contributed by atoms with Gasteiger partial charge >= 0.3 is 0 Å². The van der Waals surface area contributed by atoms with Crippen molar-refractivity contribution in [3.8, 4) is 0 Å². The summed E-state index contributed by atoms with van der Waals surface area (Å²) < 4.78 is 18.8. The van der Waals surface area contributed by atoms with Crippen molar-refractivity contribution in [2.75, 3.05) is 44.3 Å². The molecule has 1 atom stereocenters. The van der Waals surface area contributed by atoms with Crippen LogP contribution >= 0.6 is 0 Å². The van der Waals surface area contributed by atoms with E-state index in [2.05, 4.69) is 10.2 Å². The van der Waals surface area contributed by atoms with E-state index in [9.17, 15) is 14.0 Å². The smallest absolute Gasteiger partial charge is 0.251 e. The number of carbonyl (C=O) groups is 2. The Morgan fingerprint density at radius 3 is 2.57 bits per heavy atom. The number of rotatable bonds is 6. The van der Waals surface area contributed by atoms with Crippen LogP contribution in [0.2, 0.25) is 0 Å². The van der Waals surface area contributed by atoms with Gasteiger partial charge in [0.25, 0.3) is 5.91 Å². The van der Waals surface area contributed by atoms with Gasteiger partial charge in [-0.1, -0.05) is 18.2 Å². The van der Waals surface area contributed by atoms with Crippen LogP contribution < -0.4 is 10.2 Å². The molecule has 0 radical (unpaired) electrons. The fraction of sp³-hybridized carbons (Fsp3) is 0.391. The maximum atomic E-state index is 13.4. The summed E-state index contributed by atoms with van der Waals surface area (Å²) in [5, 5.41) is 3.02. The molecule has 0 saturated carbocycles. The number of hydrogen-bond acceptors (Lipinski definition) is 4. The molecule has 2 amide bonds. The van der Waals surface area contributed by atoms with Crippen molar-refractivity contribution in [1.82, 2.24) is 10.2 Å². The highest BCUT2D eigenvalue weighted by Gasteiger charge is 2.25. The number of amides is 2. The van der Waals surface area contributed by atoms with Gasteiger partial charge in [0.15, 0.2) is 0 Å². The normalized spacial score (nSPS) is 18.4. The second-order valence-electron chi connectivity index (χ2n) is 7.62. The van der Waals surface area contributed by atoms with Crippen molar-refractivity contribution in [2.24, 2.45) is 0 Å². The zero-order valence-corrected chi connectivity index (χ0v) is 16.9. The Labute approximate surface area is 175 Å². The molecule has 2 heterocycles. The van der Waals surface area contributed by atoms with Gasteiger partial charge in [0.1, 0.15) is 5.82 Å².